The third-order valence-corrected chi connectivity index (χ3v) is 3.36. The van der Waals surface area contributed by atoms with Crippen LogP contribution in [0, 0.1) is 0 Å². The summed E-state index contributed by atoms with van der Waals surface area (Å²) in [7, 11) is 0. The molecule has 2 aliphatic heterocycles. The van der Waals surface area contributed by atoms with Gasteiger partial charge in [-0.15, -0.1) is 0 Å². The molecular weight excluding hydrogens is 204 g/mol. The summed E-state index contributed by atoms with van der Waals surface area (Å²) in [5.41, 5.74) is 1.98. The first-order chi connectivity index (χ1) is 7.84. The van der Waals surface area contributed by atoms with Gasteiger partial charge in [-0.25, -0.2) is 4.79 Å². The summed E-state index contributed by atoms with van der Waals surface area (Å²) in [5.74, 6) is 0.906. The quantitative estimate of drug-likeness (QED) is 0.717. The van der Waals surface area contributed by atoms with Gasteiger partial charge in [-0.1, -0.05) is 0 Å². The molecule has 16 heavy (non-hydrogen) atoms. The number of anilines is 1. The lowest BCUT2D eigenvalue weighted by molar-refractivity contribution is 0.570. The summed E-state index contributed by atoms with van der Waals surface area (Å²) in [6, 6.07) is 0. The third-order valence-electron chi connectivity index (χ3n) is 3.36. The molecule has 1 aromatic heterocycles. The lowest BCUT2D eigenvalue weighted by Gasteiger charge is -2.28. The Balaban J connectivity index is 2.02. The van der Waals surface area contributed by atoms with Crippen molar-refractivity contribution < 1.29 is 0 Å². The van der Waals surface area contributed by atoms with E-state index in [1.54, 1.807) is 0 Å². The number of hydrogen-bond acceptors (Lipinski definition) is 4. The lowest BCUT2D eigenvalue weighted by Crippen LogP contribution is -2.33. The Morgan fingerprint density at radius 3 is 2.75 bits per heavy atom. The van der Waals surface area contributed by atoms with Crippen molar-refractivity contribution in [2.45, 2.75) is 32.4 Å². The van der Waals surface area contributed by atoms with E-state index in [-0.39, 0.29) is 5.69 Å². The van der Waals surface area contributed by atoms with Crippen LogP contribution < -0.4 is 15.9 Å². The number of aromatic amines is 1. The number of fused-ring (bicyclic) bond motifs is 1. The summed E-state index contributed by atoms with van der Waals surface area (Å²) in [4.78, 5) is 20.7. The average Bonchev–Trinajstić information content (AvgIpc) is 2.77. The molecule has 0 atom stereocenters. The van der Waals surface area contributed by atoms with E-state index in [0.29, 0.717) is 0 Å². The van der Waals surface area contributed by atoms with E-state index in [1.165, 1.54) is 24.8 Å². The Labute approximate surface area is 93.9 Å². The van der Waals surface area contributed by atoms with Gasteiger partial charge >= 0.3 is 5.69 Å². The molecule has 0 radical (unpaired) electrons. The first-order valence-corrected chi connectivity index (χ1v) is 5.92. The lowest BCUT2D eigenvalue weighted by atomic mass is 10.1. The van der Waals surface area contributed by atoms with E-state index in [4.69, 9.17) is 0 Å². The Kier molecular flexibility index (Phi) is 2.40. The Bertz CT molecular complexity index is 448. The molecule has 2 aliphatic rings. The second-order valence-electron chi connectivity index (χ2n) is 4.47. The van der Waals surface area contributed by atoms with Crippen LogP contribution in [0.25, 0.3) is 0 Å². The molecule has 0 spiro atoms. The third kappa shape index (κ3) is 1.61. The predicted molar refractivity (Wildman–Crippen MR) is 61.5 cm³/mol. The smallest absolute Gasteiger partial charge is 0.347 e. The average molecular weight is 220 g/mol. The molecule has 1 aromatic rings. The van der Waals surface area contributed by atoms with Crippen molar-refractivity contribution in [3.8, 4) is 0 Å². The number of H-pyrrole nitrogens is 1. The van der Waals surface area contributed by atoms with Gasteiger partial charge in [0.2, 0.25) is 0 Å². The van der Waals surface area contributed by atoms with E-state index in [0.717, 1.165) is 37.7 Å². The molecule has 2 N–H and O–H groups in total. The van der Waals surface area contributed by atoms with Gasteiger partial charge in [0.1, 0.15) is 5.82 Å². The zero-order chi connectivity index (χ0) is 11.0. The van der Waals surface area contributed by atoms with E-state index < -0.39 is 0 Å². The molecule has 1 fully saturated rings. The summed E-state index contributed by atoms with van der Waals surface area (Å²) >= 11 is 0. The predicted octanol–water partition coefficient (Wildman–Crippen LogP) is 0.363. The van der Waals surface area contributed by atoms with Crippen molar-refractivity contribution in [2.75, 3.05) is 18.0 Å². The fraction of sp³-hybridized carbons (Fsp3) is 0.636. The molecule has 0 aromatic carbocycles. The molecule has 3 rings (SSSR count). The van der Waals surface area contributed by atoms with Crippen LogP contribution in [0.3, 0.4) is 0 Å². The number of nitrogens with one attached hydrogen (secondary N) is 2. The highest BCUT2D eigenvalue weighted by Crippen LogP contribution is 2.24. The van der Waals surface area contributed by atoms with Crippen LogP contribution in [0.2, 0.25) is 0 Å². The largest absolute Gasteiger partial charge is 0.356 e. The van der Waals surface area contributed by atoms with E-state index in [1.807, 2.05) is 0 Å². The first-order valence-electron chi connectivity index (χ1n) is 5.92. The second-order valence-corrected chi connectivity index (χ2v) is 4.47. The molecule has 0 unspecified atom stereocenters. The molecular formula is C11H16N4O. The highest BCUT2D eigenvalue weighted by molar-refractivity contribution is 5.50. The summed E-state index contributed by atoms with van der Waals surface area (Å²) in [5, 5.41) is 3.26. The summed E-state index contributed by atoms with van der Waals surface area (Å²) < 4.78 is 0. The summed E-state index contributed by atoms with van der Waals surface area (Å²) in [6.07, 6.45) is 3.70. The van der Waals surface area contributed by atoms with Crippen molar-refractivity contribution in [3.63, 3.8) is 0 Å². The second kappa shape index (κ2) is 3.90. The maximum atomic E-state index is 11.5. The Hall–Kier alpha value is -1.36. The standard InChI is InChI=1S/C11H16N4O/c16-11-13-9-7-12-6-8(9)10(14-11)15-4-2-1-3-5-15/h12H,1-7H2,(H,13,14,16). The maximum Gasteiger partial charge on any atom is 0.347 e. The van der Waals surface area contributed by atoms with Crippen molar-refractivity contribution >= 4 is 5.82 Å². The minimum Gasteiger partial charge on any atom is -0.356 e. The number of rotatable bonds is 1. The fourth-order valence-electron chi connectivity index (χ4n) is 2.55. The molecule has 3 heterocycles. The van der Waals surface area contributed by atoms with Crippen molar-refractivity contribution in [1.82, 2.24) is 15.3 Å². The van der Waals surface area contributed by atoms with E-state index in [2.05, 4.69) is 20.2 Å². The van der Waals surface area contributed by atoms with E-state index in [9.17, 15) is 4.79 Å². The maximum absolute atomic E-state index is 11.5. The van der Waals surface area contributed by atoms with Gasteiger partial charge in [0.25, 0.3) is 0 Å². The van der Waals surface area contributed by atoms with Gasteiger partial charge < -0.3 is 15.2 Å². The van der Waals surface area contributed by atoms with Crippen molar-refractivity contribution in [3.05, 3.63) is 21.7 Å². The summed E-state index contributed by atoms with van der Waals surface area (Å²) in [6.45, 7) is 3.64. The number of hydrogen-bond donors (Lipinski definition) is 2. The van der Waals surface area contributed by atoms with Crippen molar-refractivity contribution in [1.29, 1.82) is 0 Å². The minimum atomic E-state index is -0.219. The topological polar surface area (TPSA) is 61.0 Å². The zero-order valence-electron chi connectivity index (χ0n) is 9.25. The van der Waals surface area contributed by atoms with Crippen LogP contribution in [0.5, 0.6) is 0 Å². The van der Waals surface area contributed by atoms with Crippen LogP contribution in [0.1, 0.15) is 30.5 Å². The van der Waals surface area contributed by atoms with Gasteiger partial charge in [-0.3, -0.25) is 0 Å². The fourth-order valence-corrected chi connectivity index (χ4v) is 2.55. The molecule has 86 valence electrons. The number of aromatic nitrogens is 2. The van der Waals surface area contributed by atoms with Gasteiger partial charge in [0.05, 0.1) is 0 Å². The van der Waals surface area contributed by atoms with Crippen LogP contribution in [0.4, 0.5) is 5.82 Å². The number of nitrogens with zero attached hydrogens (tertiary/aromatic N) is 2. The number of piperidine rings is 1. The zero-order valence-corrected chi connectivity index (χ0v) is 9.25. The van der Waals surface area contributed by atoms with Gasteiger partial charge in [-0.2, -0.15) is 4.98 Å². The van der Waals surface area contributed by atoms with Crippen LogP contribution in [-0.2, 0) is 13.1 Å². The minimum absolute atomic E-state index is 0.219. The monoisotopic (exact) mass is 220 g/mol. The molecule has 0 aliphatic carbocycles. The normalized spacial score (nSPS) is 19.9. The molecule has 0 bridgehead atoms. The molecule has 5 heteroatoms. The van der Waals surface area contributed by atoms with Gasteiger partial charge in [-0.05, 0) is 19.3 Å². The van der Waals surface area contributed by atoms with Gasteiger partial charge in [0.15, 0.2) is 0 Å². The molecule has 1 saturated heterocycles. The van der Waals surface area contributed by atoms with E-state index >= 15 is 0 Å². The molecule has 5 nitrogen and oxygen atoms in total. The van der Waals surface area contributed by atoms with Crippen LogP contribution in [-0.4, -0.2) is 23.1 Å². The van der Waals surface area contributed by atoms with Crippen LogP contribution in [0.15, 0.2) is 4.79 Å². The molecule has 0 saturated carbocycles. The highest BCUT2D eigenvalue weighted by atomic mass is 16.1. The SMILES string of the molecule is O=c1nc(N2CCCCC2)c2c([nH]1)CNC2. The van der Waals surface area contributed by atoms with Gasteiger partial charge in [0, 0.05) is 37.4 Å². The molecule has 0 amide bonds. The van der Waals surface area contributed by atoms with Crippen LogP contribution >= 0.6 is 0 Å². The van der Waals surface area contributed by atoms with Crippen molar-refractivity contribution in [2.24, 2.45) is 0 Å². The Morgan fingerprint density at radius 2 is 1.94 bits per heavy atom. The highest BCUT2D eigenvalue weighted by Gasteiger charge is 2.22. The first kappa shape index (κ1) is 9.84. The Morgan fingerprint density at radius 1 is 1.12 bits per heavy atom.